The molecular weight excluding hydrogens is 435 g/mol. The van der Waals surface area contributed by atoms with Gasteiger partial charge in [0.1, 0.15) is 0 Å². The number of aliphatic hydroxyl groups excluding tert-OH is 1. The van der Waals surface area contributed by atoms with Gasteiger partial charge in [-0.1, -0.05) is 30.3 Å². The van der Waals surface area contributed by atoms with E-state index in [9.17, 15) is 27.9 Å². The highest BCUT2D eigenvalue weighted by Gasteiger charge is 2.31. The number of amides is 2. The number of benzene rings is 2. The molecule has 2 aromatic rings. The molecule has 0 saturated carbocycles. The summed E-state index contributed by atoms with van der Waals surface area (Å²) in [5.74, 6) is -0.510. The van der Waals surface area contributed by atoms with Gasteiger partial charge >= 0.3 is 6.18 Å². The van der Waals surface area contributed by atoms with E-state index in [-0.39, 0.29) is 29.8 Å². The average molecular weight is 464 g/mol. The highest BCUT2D eigenvalue weighted by atomic mass is 19.4. The van der Waals surface area contributed by atoms with Crippen molar-refractivity contribution in [3.8, 4) is 0 Å². The lowest BCUT2D eigenvalue weighted by Crippen LogP contribution is -2.39. The summed E-state index contributed by atoms with van der Waals surface area (Å²) >= 11 is 0. The van der Waals surface area contributed by atoms with Gasteiger partial charge in [0.25, 0.3) is 0 Å². The Balaban J connectivity index is 1.80. The minimum atomic E-state index is -4.47. The number of aliphatic hydroxyl groups is 1. The topological polar surface area (TPSA) is 72.9 Å². The van der Waals surface area contributed by atoms with Gasteiger partial charge in [0, 0.05) is 39.3 Å². The molecule has 33 heavy (non-hydrogen) atoms. The summed E-state index contributed by atoms with van der Waals surface area (Å²) in [7, 11) is 1.63. The fraction of sp³-hybridized carbons (Fsp3) is 0.417. The largest absolute Gasteiger partial charge is 0.416 e. The van der Waals surface area contributed by atoms with E-state index in [1.54, 1.807) is 24.1 Å². The molecule has 2 atom stereocenters. The van der Waals surface area contributed by atoms with Crippen LogP contribution in [0.4, 0.5) is 18.9 Å². The first kappa shape index (κ1) is 24.7. The number of anilines is 1. The SMILES string of the molecule is CC(=O)Nc1ccc(C(CN2CCC(O)C2)N(C)C(=O)Cc2cccc(C(F)(F)F)c2)cc1. The molecule has 0 radical (unpaired) electrons. The third-order valence-electron chi connectivity index (χ3n) is 5.77. The monoisotopic (exact) mass is 463 g/mol. The molecule has 0 aromatic heterocycles. The summed E-state index contributed by atoms with van der Waals surface area (Å²) in [5, 5.41) is 12.6. The van der Waals surface area contributed by atoms with Crippen LogP contribution in [0.1, 0.15) is 36.1 Å². The molecule has 2 N–H and O–H groups in total. The standard InChI is InChI=1S/C24H28F3N3O3/c1-16(31)28-20-8-6-18(7-9-20)22(15-30-11-10-21(32)14-30)29(2)23(33)13-17-4-3-5-19(12-17)24(25,26)27/h3-9,12,21-22,32H,10-11,13-15H2,1-2H3,(H,28,31). The van der Waals surface area contributed by atoms with E-state index < -0.39 is 17.8 Å². The maximum absolute atomic E-state index is 13.1. The van der Waals surface area contributed by atoms with Crippen LogP contribution in [0.15, 0.2) is 48.5 Å². The maximum atomic E-state index is 13.1. The molecule has 3 rings (SSSR count). The summed E-state index contributed by atoms with van der Waals surface area (Å²) in [6, 6.07) is 11.5. The van der Waals surface area contributed by atoms with E-state index in [2.05, 4.69) is 10.2 Å². The molecule has 0 aliphatic carbocycles. The molecule has 2 unspecified atom stereocenters. The van der Waals surface area contributed by atoms with Crippen LogP contribution in [0.2, 0.25) is 0 Å². The van der Waals surface area contributed by atoms with E-state index in [1.165, 1.54) is 19.1 Å². The molecule has 1 saturated heterocycles. The minimum absolute atomic E-state index is 0.163. The van der Waals surface area contributed by atoms with Gasteiger partial charge in [0.05, 0.1) is 24.1 Å². The van der Waals surface area contributed by atoms with E-state index >= 15 is 0 Å². The third-order valence-corrected chi connectivity index (χ3v) is 5.77. The van der Waals surface area contributed by atoms with Gasteiger partial charge in [0.2, 0.25) is 11.8 Å². The molecule has 0 bridgehead atoms. The Labute approximate surface area is 191 Å². The van der Waals surface area contributed by atoms with Gasteiger partial charge in [-0.2, -0.15) is 13.2 Å². The zero-order chi connectivity index (χ0) is 24.2. The minimum Gasteiger partial charge on any atom is -0.392 e. The van der Waals surface area contributed by atoms with Crippen LogP contribution >= 0.6 is 0 Å². The first-order chi connectivity index (χ1) is 15.5. The number of hydrogen-bond donors (Lipinski definition) is 2. The predicted molar refractivity (Wildman–Crippen MR) is 118 cm³/mol. The Morgan fingerprint density at radius 2 is 1.91 bits per heavy atom. The van der Waals surface area contributed by atoms with Gasteiger partial charge in [-0.25, -0.2) is 0 Å². The van der Waals surface area contributed by atoms with Crippen molar-refractivity contribution >= 4 is 17.5 Å². The number of β-amino-alcohol motifs (C(OH)–C–C–N with tert-alkyl or cyclic N) is 1. The number of carbonyl (C=O) groups excluding carboxylic acids is 2. The van der Waals surface area contributed by atoms with Crippen LogP contribution in [0, 0.1) is 0 Å². The molecule has 9 heteroatoms. The van der Waals surface area contributed by atoms with Crippen molar-refractivity contribution in [1.82, 2.24) is 9.80 Å². The Morgan fingerprint density at radius 1 is 1.21 bits per heavy atom. The lowest BCUT2D eigenvalue weighted by molar-refractivity contribution is -0.138. The van der Waals surface area contributed by atoms with Gasteiger partial charge in [0.15, 0.2) is 0 Å². The van der Waals surface area contributed by atoms with E-state index in [4.69, 9.17) is 0 Å². The van der Waals surface area contributed by atoms with Crippen molar-refractivity contribution in [1.29, 1.82) is 0 Å². The van der Waals surface area contributed by atoms with Crippen LogP contribution in [-0.2, 0) is 22.2 Å². The zero-order valence-electron chi connectivity index (χ0n) is 18.6. The maximum Gasteiger partial charge on any atom is 0.416 e. The first-order valence-corrected chi connectivity index (χ1v) is 10.7. The van der Waals surface area contributed by atoms with Crippen molar-refractivity contribution < 1.29 is 27.9 Å². The number of carbonyl (C=O) groups is 2. The van der Waals surface area contributed by atoms with Gasteiger partial charge in [-0.3, -0.25) is 14.5 Å². The second kappa shape index (κ2) is 10.4. The predicted octanol–water partition coefficient (Wildman–Crippen LogP) is 3.47. The van der Waals surface area contributed by atoms with Crippen LogP contribution in [0.5, 0.6) is 0 Å². The van der Waals surface area contributed by atoms with Gasteiger partial charge < -0.3 is 15.3 Å². The lowest BCUT2D eigenvalue weighted by atomic mass is 10.0. The molecule has 6 nitrogen and oxygen atoms in total. The molecule has 2 amide bonds. The van der Waals surface area contributed by atoms with E-state index in [0.29, 0.717) is 31.7 Å². The number of halogens is 3. The second-order valence-corrected chi connectivity index (χ2v) is 8.40. The average Bonchev–Trinajstić information content (AvgIpc) is 3.16. The Morgan fingerprint density at radius 3 is 2.48 bits per heavy atom. The summed E-state index contributed by atoms with van der Waals surface area (Å²) in [6.07, 6.45) is -4.40. The van der Waals surface area contributed by atoms with Crippen molar-refractivity contribution in [3.05, 3.63) is 65.2 Å². The number of hydrogen-bond acceptors (Lipinski definition) is 4. The van der Waals surface area contributed by atoms with Crippen molar-refractivity contribution in [2.75, 3.05) is 32.0 Å². The summed E-state index contributed by atoms with van der Waals surface area (Å²) in [6.45, 7) is 3.07. The quantitative estimate of drug-likeness (QED) is 0.660. The van der Waals surface area contributed by atoms with E-state index in [0.717, 1.165) is 17.7 Å². The number of nitrogens with one attached hydrogen (secondary N) is 1. The van der Waals surface area contributed by atoms with Crippen molar-refractivity contribution in [2.24, 2.45) is 0 Å². The molecule has 1 aliphatic heterocycles. The normalized spacial score (nSPS) is 17.6. The van der Waals surface area contributed by atoms with Crippen molar-refractivity contribution in [3.63, 3.8) is 0 Å². The molecule has 2 aromatic carbocycles. The first-order valence-electron chi connectivity index (χ1n) is 10.7. The zero-order valence-corrected chi connectivity index (χ0v) is 18.6. The molecule has 0 spiro atoms. The number of rotatable bonds is 7. The molecule has 178 valence electrons. The van der Waals surface area contributed by atoms with Gasteiger partial charge in [-0.05, 0) is 35.7 Å². The summed E-state index contributed by atoms with van der Waals surface area (Å²) < 4.78 is 39.1. The number of likely N-dealkylation sites (N-methyl/N-ethyl adjacent to an activating group) is 1. The fourth-order valence-corrected chi connectivity index (χ4v) is 4.00. The number of alkyl halides is 3. The molecular formula is C24H28F3N3O3. The van der Waals surface area contributed by atoms with Crippen molar-refractivity contribution in [2.45, 2.75) is 38.1 Å². The summed E-state index contributed by atoms with van der Waals surface area (Å²) in [5.41, 5.74) is 0.953. The summed E-state index contributed by atoms with van der Waals surface area (Å²) in [4.78, 5) is 27.9. The van der Waals surface area contributed by atoms with Crippen LogP contribution < -0.4 is 5.32 Å². The van der Waals surface area contributed by atoms with E-state index in [1.807, 2.05) is 12.1 Å². The second-order valence-electron chi connectivity index (χ2n) is 8.40. The lowest BCUT2D eigenvalue weighted by Gasteiger charge is -2.32. The van der Waals surface area contributed by atoms with Crippen LogP contribution in [0.3, 0.4) is 0 Å². The third kappa shape index (κ3) is 6.79. The van der Waals surface area contributed by atoms with Crippen LogP contribution in [-0.4, -0.2) is 59.5 Å². The smallest absolute Gasteiger partial charge is 0.392 e. The molecule has 1 heterocycles. The highest BCUT2D eigenvalue weighted by Crippen LogP contribution is 2.30. The Bertz CT molecular complexity index is 979. The highest BCUT2D eigenvalue weighted by molar-refractivity contribution is 5.88. The van der Waals surface area contributed by atoms with Crippen LogP contribution in [0.25, 0.3) is 0 Å². The molecule has 1 aliphatic rings. The number of likely N-dealkylation sites (tertiary alicyclic amines) is 1. The fourth-order valence-electron chi connectivity index (χ4n) is 4.00. The Hall–Kier alpha value is -2.91. The number of nitrogens with zero attached hydrogens (tertiary/aromatic N) is 2. The Kier molecular flexibility index (Phi) is 7.76. The molecule has 1 fully saturated rings. The van der Waals surface area contributed by atoms with Gasteiger partial charge in [-0.15, -0.1) is 0 Å².